The van der Waals surface area contributed by atoms with Gasteiger partial charge in [0, 0.05) is 19.0 Å². The zero-order chi connectivity index (χ0) is 18.9. The number of benzene rings is 2. The van der Waals surface area contributed by atoms with Crippen molar-refractivity contribution in [3.8, 4) is 0 Å². The van der Waals surface area contributed by atoms with Gasteiger partial charge in [-0.3, -0.25) is 9.59 Å². The summed E-state index contributed by atoms with van der Waals surface area (Å²) in [6.07, 6.45) is -4.51. The molecule has 0 saturated heterocycles. The Labute approximate surface area is 146 Å². The number of carbonyl (C=O) groups is 1. The van der Waals surface area contributed by atoms with Crippen LogP contribution >= 0.6 is 0 Å². The highest BCUT2D eigenvalue weighted by Crippen LogP contribution is 2.32. The molecule has 8 heteroatoms. The number of nitrogens with zero attached hydrogens (tertiary/aromatic N) is 2. The van der Waals surface area contributed by atoms with Gasteiger partial charge in [0.15, 0.2) is 5.69 Å². The Bertz CT molecular complexity index is 1030. The van der Waals surface area contributed by atoms with E-state index >= 15 is 0 Å². The Morgan fingerprint density at radius 2 is 1.69 bits per heavy atom. The summed E-state index contributed by atoms with van der Waals surface area (Å²) in [5, 5.41) is 6.67. The molecule has 0 aliphatic heterocycles. The van der Waals surface area contributed by atoms with E-state index in [1.807, 2.05) is 0 Å². The van der Waals surface area contributed by atoms with Gasteiger partial charge in [0.2, 0.25) is 0 Å². The van der Waals surface area contributed by atoms with Crippen molar-refractivity contribution in [2.45, 2.75) is 12.7 Å². The lowest BCUT2D eigenvalue weighted by atomic mass is 10.1. The van der Waals surface area contributed by atoms with Gasteiger partial charge in [-0.15, -0.1) is 0 Å². The number of hydrogen-bond donors (Lipinski definition) is 1. The van der Waals surface area contributed by atoms with Gasteiger partial charge in [0.25, 0.3) is 11.5 Å². The van der Waals surface area contributed by atoms with Crippen LogP contribution in [0.25, 0.3) is 10.8 Å². The van der Waals surface area contributed by atoms with Crippen molar-refractivity contribution < 1.29 is 18.0 Å². The molecule has 0 aliphatic carbocycles. The number of H-pyrrole nitrogens is 1. The minimum absolute atomic E-state index is 0.0211. The lowest BCUT2D eigenvalue weighted by Gasteiger charge is -2.20. The highest BCUT2D eigenvalue weighted by molar-refractivity contribution is 6.04. The van der Waals surface area contributed by atoms with Crippen molar-refractivity contribution in [3.63, 3.8) is 0 Å². The highest BCUT2D eigenvalue weighted by Gasteiger charge is 2.33. The molecule has 0 spiro atoms. The third-order valence-corrected chi connectivity index (χ3v) is 3.98. The Morgan fingerprint density at radius 1 is 1.08 bits per heavy atom. The summed E-state index contributed by atoms with van der Waals surface area (Å²) in [4.78, 5) is 25.6. The van der Waals surface area contributed by atoms with Gasteiger partial charge in [-0.05, 0) is 17.7 Å². The molecule has 1 aromatic heterocycles. The van der Waals surface area contributed by atoms with Crippen molar-refractivity contribution in [1.29, 1.82) is 0 Å². The molecule has 3 rings (SSSR count). The number of carbonyl (C=O) groups excluding carboxylic acids is 1. The van der Waals surface area contributed by atoms with E-state index in [0.717, 1.165) is 11.0 Å². The fourth-order valence-corrected chi connectivity index (χ4v) is 2.72. The second-order valence-electron chi connectivity index (χ2n) is 5.76. The van der Waals surface area contributed by atoms with Crippen LogP contribution in [0.1, 0.15) is 21.6 Å². The molecule has 1 amide bonds. The number of aromatic amines is 1. The number of fused-ring (bicyclic) bond motifs is 1. The summed E-state index contributed by atoms with van der Waals surface area (Å²) < 4.78 is 39.4. The van der Waals surface area contributed by atoms with Gasteiger partial charge in [0.1, 0.15) is 0 Å². The van der Waals surface area contributed by atoms with E-state index in [2.05, 4.69) is 10.2 Å². The van der Waals surface area contributed by atoms with Gasteiger partial charge >= 0.3 is 6.18 Å². The molecule has 0 unspecified atom stereocenters. The second-order valence-corrected chi connectivity index (χ2v) is 5.76. The summed E-state index contributed by atoms with van der Waals surface area (Å²) in [5.41, 5.74) is -1.28. The van der Waals surface area contributed by atoms with Gasteiger partial charge in [-0.2, -0.15) is 18.3 Å². The van der Waals surface area contributed by atoms with Crippen LogP contribution < -0.4 is 5.56 Å². The van der Waals surface area contributed by atoms with E-state index in [4.69, 9.17) is 0 Å². The van der Waals surface area contributed by atoms with Crippen molar-refractivity contribution in [2.24, 2.45) is 0 Å². The van der Waals surface area contributed by atoms with E-state index in [1.165, 1.54) is 25.2 Å². The Hall–Kier alpha value is -3.16. The van der Waals surface area contributed by atoms with Crippen molar-refractivity contribution in [2.75, 3.05) is 7.05 Å². The van der Waals surface area contributed by atoms with Gasteiger partial charge in [-0.1, -0.05) is 36.4 Å². The number of alkyl halides is 3. The first-order valence-electron chi connectivity index (χ1n) is 7.67. The minimum Gasteiger partial charge on any atom is -0.336 e. The molecule has 1 heterocycles. The van der Waals surface area contributed by atoms with Crippen molar-refractivity contribution in [3.05, 3.63) is 75.7 Å². The second kappa shape index (κ2) is 6.62. The molecule has 3 aromatic rings. The molecular formula is C18H14F3N3O2. The third-order valence-electron chi connectivity index (χ3n) is 3.98. The van der Waals surface area contributed by atoms with Gasteiger partial charge in [-0.25, -0.2) is 5.10 Å². The lowest BCUT2D eigenvalue weighted by molar-refractivity contribution is -0.138. The van der Waals surface area contributed by atoms with E-state index in [-0.39, 0.29) is 23.2 Å². The van der Waals surface area contributed by atoms with E-state index < -0.39 is 23.2 Å². The zero-order valence-corrected chi connectivity index (χ0v) is 13.7. The van der Waals surface area contributed by atoms with Crippen LogP contribution in [-0.2, 0) is 12.7 Å². The lowest BCUT2D eigenvalue weighted by Crippen LogP contribution is -2.29. The first-order chi connectivity index (χ1) is 12.3. The molecule has 0 fully saturated rings. The van der Waals surface area contributed by atoms with Crippen LogP contribution in [0.3, 0.4) is 0 Å². The molecule has 0 saturated carbocycles. The SMILES string of the molecule is CN(Cc1ccccc1C(F)(F)F)C(=O)c1n[nH]c(=O)c2ccccc12. The fraction of sp³-hybridized carbons (Fsp3) is 0.167. The predicted molar refractivity (Wildman–Crippen MR) is 89.6 cm³/mol. The molecule has 26 heavy (non-hydrogen) atoms. The standard InChI is InChI=1S/C18H14F3N3O2/c1-24(10-11-6-2-5-9-14(11)18(19,20)21)17(26)15-12-7-3-4-8-13(12)16(25)23-22-15/h2-9H,10H2,1H3,(H,23,25). The van der Waals surface area contributed by atoms with Crippen LogP contribution in [-0.4, -0.2) is 28.1 Å². The predicted octanol–water partition coefficient (Wildman–Crippen LogP) is 3.21. The number of nitrogens with one attached hydrogen (secondary N) is 1. The van der Waals surface area contributed by atoms with Crippen LogP contribution in [0.4, 0.5) is 13.2 Å². The summed E-state index contributed by atoms with van der Waals surface area (Å²) in [7, 11) is 1.39. The first kappa shape index (κ1) is 17.7. The molecule has 0 bridgehead atoms. The summed E-state index contributed by atoms with van der Waals surface area (Å²) in [6.45, 7) is -0.246. The number of aromatic nitrogens is 2. The average molecular weight is 361 g/mol. The monoisotopic (exact) mass is 361 g/mol. The van der Waals surface area contributed by atoms with Crippen LogP contribution in [0, 0.1) is 0 Å². The third kappa shape index (κ3) is 3.30. The molecule has 2 aromatic carbocycles. The highest BCUT2D eigenvalue weighted by atomic mass is 19.4. The van der Waals surface area contributed by atoms with E-state index in [1.54, 1.807) is 24.3 Å². The van der Waals surface area contributed by atoms with Gasteiger partial charge < -0.3 is 4.90 Å². The Balaban J connectivity index is 1.96. The largest absolute Gasteiger partial charge is 0.416 e. The number of hydrogen-bond acceptors (Lipinski definition) is 3. The molecule has 0 aliphatic rings. The van der Waals surface area contributed by atoms with Crippen LogP contribution in [0.5, 0.6) is 0 Å². The maximum Gasteiger partial charge on any atom is 0.416 e. The smallest absolute Gasteiger partial charge is 0.336 e. The van der Waals surface area contributed by atoms with E-state index in [9.17, 15) is 22.8 Å². The zero-order valence-electron chi connectivity index (χ0n) is 13.7. The quantitative estimate of drug-likeness (QED) is 0.779. The molecule has 134 valence electrons. The van der Waals surface area contributed by atoms with E-state index in [0.29, 0.717) is 5.39 Å². The number of amides is 1. The molecule has 1 N–H and O–H groups in total. The van der Waals surface area contributed by atoms with Gasteiger partial charge in [0.05, 0.1) is 10.9 Å². The maximum absolute atomic E-state index is 13.1. The average Bonchev–Trinajstić information content (AvgIpc) is 2.61. The Morgan fingerprint density at radius 3 is 2.38 bits per heavy atom. The minimum atomic E-state index is -4.51. The summed E-state index contributed by atoms with van der Waals surface area (Å²) in [6, 6.07) is 11.5. The van der Waals surface area contributed by atoms with Crippen LogP contribution in [0.15, 0.2) is 53.3 Å². The summed E-state index contributed by atoms with van der Waals surface area (Å²) >= 11 is 0. The maximum atomic E-state index is 13.1. The van der Waals surface area contributed by atoms with Crippen LogP contribution in [0.2, 0.25) is 0 Å². The molecular weight excluding hydrogens is 347 g/mol. The normalized spacial score (nSPS) is 11.5. The fourth-order valence-electron chi connectivity index (χ4n) is 2.72. The molecule has 5 nitrogen and oxygen atoms in total. The first-order valence-corrected chi connectivity index (χ1v) is 7.67. The Kier molecular flexibility index (Phi) is 4.50. The summed E-state index contributed by atoms with van der Waals surface area (Å²) in [5.74, 6) is -0.588. The number of halogens is 3. The van der Waals surface area contributed by atoms with Crippen molar-refractivity contribution >= 4 is 16.7 Å². The molecule has 0 radical (unpaired) electrons. The topological polar surface area (TPSA) is 66.1 Å². The van der Waals surface area contributed by atoms with Crippen molar-refractivity contribution in [1.82, 2.24) is 15.1 Å². The number of rotatable bonds is 3. The molecule has 0 atom stereocenters.